The van der Waals surface area contributed by atoms with Gasteiger partial charge < -0.3 is 14.8 Å². The van der Waals surface area contributed by atoms with Crippen molar-refractivity contribution < 1.29 is 22.7 Å². The van der Waals surface area contributed by atoms with Crippen LogP contribution in [0.2, 0.25) is 0 Å². The van der Waals surface area contributed by atoms with E-state index in [1.165, 1.54) is 17.9 Å². The van der Waals surface area contributed by atoms with Gasteiger partial charge in [0.15, 0.2) is 5.03 Å². The number of hydrogen-bond acceptors (Lipinski definition) is 7. The number of sulfonamides is 1. The minimum Gasteiger partial charge on any atom is -0.493 e. The van der Waals surface area contributed by atoms with E-state index in [9.17, 15) is 13.2 Å². The van der Waals surface area contributed by atoms with Crippen LogP contribution in [0.4, 0.5) is 10.5 Å². The van der Waals surface area contributed by atoms with Crippen LogP contribution in [0.3, 0.4) is 0 Å². The number of hydrogen-bond donors (Lipinski definition) is 2. The number of anilines is 1. The molecule has 11 heteroatoms. The van der Waals surface area contributed by atoms with Crippen LogP contribution in [-0.2, 0) is 22.0 Å². The number of amides is 2. The predicted octanol–water partition coefficient (Wildman–Crippen LogP) is 3.15. The molecule has 3 aromatic rings. The number of carbonyl (C=O) groups excluding carboxylic acids is 1. The summed E-state index contributed by atoms with van der Waals surface area (Å²) in [7, 11) is -2.66. The van der Waals surface area contributed by atoms with Crippen molar-refractivity contribution in [2.75, 3.05) is 19.0 Å². The molecule has 4 rings (SSSR count). The molecule has 2 aromatic heterocycles. The van der Waals surface area contributed by atoms with Gasteiger partial charge in [-0.15, -0.1) is 0 Å². The number of pyridine rings is 1. The van der Waals surface area contributed by atoms with E-state index in [2.05, 4.69) is 15.4 Å². The van der Waals surface area contributed by atoms with Gasteiger partial charge in [-0.1, -0.05) is 0 Å². The zero-order chi connectivity index (χ0) is 23.8. The number of benzene rings is 1. The van der Waals surface area contributed by atoms with Crippen LogP contribution in [0.1, 0.15) is 26.3 Å². The van der Waals surface area contributed by atoms with Gasteiger partial charge in [0.05, 0.1) is 24.9 Å². The molecule has 1 aliphatic heterocycles. The van der Waals surface area contributed by atoms with Gasteiger partial charge in [-0.05, 0) is 50.6 Å². The molecule has 10 nitrogen and oxygen atoms in total. The third-order valence-electron chi connectivity index (χ3n) is 5.13. The van der Waals surface area contributed by atoms with Crippen molar-refractivity contribution in [3.63, 3.8) is 0 Å². The highest BCUT2D eigenvalue weighted by Gasteiger charge is 2.26. The molecule has 0 fully saturated rings. The fourth-order valence-corrected chi connectivity index (χ4v) is 4.32. The maximum atomic E-state index is 12.8. The second-order valence-electron chi connectivity index (χ2n) is 8.48. The maximum Gasteiger partial charge on any atom is 0.333 e. The minimum atomic E-state index is -4.18. The summed E-state index contributed by atoms with van der Waals surface area (Å²) in [5.74, 6) is 1.05. The molecule has 0 unspecified atom stereocenters. The first kappa shape index (κ1) is 22.6. The van der Waals surface area contributed by atoms with Gasteiger partial charge >= 0.3 is 6.03 Å². The molecule has 0 saturated heterocycles. The summed E-state index contributed by atoms with van der Waals surface area (Å²) in [4.78, 5) is 16.9. The number of aromatic nitrogens is 3. The number of nitrogens with one attached hydrogen (secondary N) is 2. The highest BCUT2D eigenvalue weighted by molar-refractivity contribution is 7.90. The summed E-state index contributed by atoms with van der Waals surface area (Å²) < 4.78 is 39.9. The Morgan fingerprint density at radius 2 is 2.00 bits per heavy atom. The highest BCUT2D eigenvalue weighted by atomic mass is 32.2. The van der Waals surface area contributed by atoms with Gasteiger partial charge in [-0.25, -0.2) is 14.5 Å². The molecule has 33 heavy (non-hydrogen) atoms. The zero-order valence-corrected chi connectivity index (χ0v) is 19.6. The first-order chi connectivity index (χ1) is 15.6. The van der Waals surface area contributed by atoms with E-state index in [0.717, 1.165) is 11.1 Å². The number of ether oxygens (including phenoxy) is 2. The van der Waals surface area contributed by atoms with Crippen LogP contribution < -0.4 is 19.5 Å². The molecule has 2 N–H and O–H groups in total. The zero-order valence-electron chi connectivity index (χ0n) is 18.7. The smallest absolute Gasteiger partial charge is 0.333 e. The quantitative estimate of drug-likeness (QED) is 0.586. The molecule has 0 bridgehead atoms. The van der Waals surface area contributed by atoms with E-state index < -0.39 is 21.6 Å². The lowest BCUT2D eigenvalue weighted by Crippen LogP contribution is -2.35. The van der Waals surface area contributed by atoms with Crippen molar-refractivity contribution in [1.29, 1.82) is 0 Å². The summed E-state index contributed by atoms with van der Waals surface area (Å²) in [6.45, 7) is 6.15. The Labute approximate surface area is 192 Å². The van der Waals surface area contributed by atoms with E-state index in [1.807, 2.05) is 31.6 Å². The average molecular weight is 472 g/mol. The summed E-state index contributed by atoms with van der Waals surface area (Å²) in [6, 6.07) is 7.58. The molecule has 0 spiro atoms. The lowest BCUT2D eigenvalue weighted by atomic mass is 9.99. The van der Waals surface area contributed by atoms with Crippen LogP contribution in [0.15, 0.2) is 47.8 Å². The lowest BCUT2D eigenvalue weighted by molar-refractivity contribution is 0.256. The van der Waals surface area contributed by atoms with Crippen LogP contribution >= 0.6 is 0 Å². The fraction of sp³-hybridized carbons (Fsp3) is 0.318. The molecule has 1 aliphatic rings. The molecule has 0 atom stereocenters. The second kappa shape index (κ2) is 8.39. The van der Waals surface area contributed by atoms with Crippen molar-refractivity contribution >= 4 is 21.7 Å². The largest absolute Gasteiger partial charge is 0.493 e. The van der Waals surface area contributed by atoms with E-state index in [4.69, 9.17) is 9.47 Å². The fourth-order valence-electron chi connectivity index (χ4n) is 3.48. The topological polar surface area (TPSA) is 124 Å². The highest BCUT2D eigenvalue weighted by Crippen LogP contribution is 2.40. The van der Waals surface area contributed by atoms with Gasteiger partial charge in [0.25, 0.3) is 10.0 Å². The van der Waals surface area contributed by atoms with Crippen LogP contribution in [0.5, 0.6) is 11.6 Å². The molecule has 0 radical (unpaired) electrons. The van der Waals surface area contributed by atoms with Crippen molar-refractivity contribution in [2.24, 2.45) is 0 Å². The van der Waals surface area contributed by atoms with Gasteiger partial charge in [0.2, 0.25) is 5.88 Å². The number of urea groups is 1. The summed E-state index contributed by atoms with van der Waals surface area (Å²) in [5.41, 5.74) is 2.28. The summed E-state index contributed by atoms with van der Waals surface area (Å²) in [6.07, 6.45) is 3.73. The van der Waals surface area contributed by atoms with Gasteiger partial charge in [0, 0.05) is 36.0 Å². The Kier molecular flexibility index (Phi) is 5.75. The number of carbonyl (C=O) groups is 1. The van der Waals surface area contributed by atoms with E-state index >= 15 is 0 Å². The number of rotatable bonds is 5. The maximum absolute atomic E-state index is 12.8. The van der Waals surface area contributed by atoms with Gasteiger partial charge in [0.1, 0.15) is 5.75 Å². The molecule has 3 heterocycles. The predicted molar refractivity (Wildman–Crippen MR) is 122 cm³/mol. The molecular weight excluding hydrogens is 446 g/mol. The SMILES string of the molecule is COc1cc(-c2ccc3c(c2NC(=O)NS(=O)(=O)c2ccn(C(C)(C)C)n2)CCO3)ccn1. The monoisotopic (exact) mass is 471 g/mol. The van der Waals surface area contributed by atoms with E-state index in [1.54, 1.807) is 30.6 Å². The normalized spacial score (nSPS) is 13.2. The Hall–Kier alpha value is -3.60. The molecule has 1 aromatic carbocycles. The molecule has 0 saturated carbocycles. The Morgan fingerprint density at radius 3 is 2.70 bits per heavy atom. The Morgan fingerprint density at radius 1 is 1.21 bits per heavy atom. The number of fused-ring (bicyclic) bond motifs is 1. The van der Waals surface area contributed by atoms with Crippen LogP contribution in [0.25, 0.3) is 11.1 Å². The molecular formula is C22H25N5O5S. The van der Waals surface area contributed by atoms with Crippen molar-refractivity contribution in [3.8, 4) is 22.8 Å². The standard InChI is InChI=1S/C22H25N5O5S/c1-22(2,3)27-11-8-19(25-27)33(29,30)26-21(28)24-20-15(5-6-17-16(20)9-12-32-17)14-7-10-23-18(13-14)31-4/h5-8,10-11,13H,9,12H2,1-4H3,(H2,24,26,28). The van der Waals surface area contributed by atoms with Crippen LogP contribution in [0, 0.1) is 0 Å². The first-order valence-corrected chi connectivity index (χ1v) is 11.8. The van der Waals surface area contributed by atoms with Crippen molar-refractivity contribution in [2.45, 2.75) is 37.8 Å². The molecule has 2 amide bonds. The van der Waals surface area contributed by atoms with Crippen molar-refractivity contribution in [3.05, 3.63) is 48.3 Å². The summed E-state index contributed by atoms with van der Waals surface area (Å²) >= 11 is 0. The number of methoxy groups -OCH3 is 1. The third-order valence-corrected chi connectivity index (χ3v) is 6.35. The second-order valence-corrected chi connectivity index (χ2v) is 10.1. The average Bonchev–Trinajstić information content (AvgIpc) is 3.43. The molecule has 174 valence electrons. The number of nitrogens with zero attached hydrogens (tertiary/aromatic N) is 3. The van der Waals surface area contributed by atoms with Crippen LogP contribution in [-0.4, -0.2) is 42.9 Å². The van der Waals surface area contributed by atoms with E-state index in [-0.39, 0.29) is 5.03 Å². The van der Waals surface area contributed by atoms with Crippen molar-refractivity contribution in [1.82, 2.24) is 19.5 Å². The third kappa shape index (κ3) is 4.63. The minimum absolute atomic E-state index is 0.242. The Bertz CT molecular complexity index is 1310. The van der Waals surface area contributed by atoms with E-state index in [0.29, 0.717) is 35.9 Å². The van der Waals surface area contributed by atoms with Gasteiger partial charge in [-0.2, -0.15) is 13.5 Å². The molecule has 0 aliphatic carbocycles. The first-order valence-electron chi connectivity index (χ1n) is 10.3. The van der Waals surface area contributed by atoms with Gasteiger partial charge in [-0.3, -0.25) is 4.68 Å². The Balaban J connectivity index is 1.64. The summed E-state index contributed by atoms with van der Waals surface area (Å²) in [5, 5.41) is 6.56. The lowest BCUT2D eigenvalue weighted by Gasteiger charge is -2.18.